The Morgan fingerprint density at radius 1 is 0.793 bits per heavy atom. The van der Waals surface area contributed by atoms with Gasteiger partial charge in [0.15, 0.2) is 5.78 Å². The molecule has 1 aromatic heterocycles. The number of rotatable bonds is 6. The van der Waals surface area contributed by atoms with Crippen molar-refractivity contribution in [3.8, 4) is 0 Å². The Labute approximate surface area is 171 Å². The van der Waals surface area contributed by atoms with Crippen LogP contribution in [0.4, 0.5) is 0 Å². The number of hydrogen-bond donors (Lipinski definition) is 0. The van der Waals surface area contributed by atoms with Crippen LogP contribution in [0.15, 0.2) is 109 Å². The third-order valence-corrected chi connectivity index (χ3v) is 5.03. The minimum Gasteiger partial charge on any atom is -0.295 e. The largest absolute Gasteiger partial charge is 0.295 e. The Hall–Kier alpha value is -3.72. The third kappa shape index (κ3) is 3.55. The molecule has 0 aliphatic carbocycles. The van der Waals surface area contributed by atoms with E-state index in [0.717, 1.165) is 22.3 Å². The number of carbonyl (C=O) groups is 1. The smallest absolute Gasteiger partial charge is 0.152 e. The Kier molecular flexibility index (Phi) is 5.21. The molecule has 0 unspecified atom stereocenters. The van der Waals surface area contributed by atoms with Gasteiger partial charge in [-0.3, -0.25) is 9.48 Å². The Bertz CT molecular complexity index is 1020. The molecular weight excluding hydrogens is 356 g/mol. The van der Waals surface area contributed by atoms with E-state index >= 15 is 0 Å². The fourth-order valence-corrected chi connectivity index (χ4v) is 3.75. The molecule has 3 heteroatoms. The average molecular weight is 378 g/mol. The second-order valence-electron chi connectivity index (χ2n) is 6.97. The average Bonchev–Trinajstić information content (AvgIpc) is 3.24. The van der Waals surface area contributed by atoms with Crippen molar-refractivity contribution in [3.63, 3.8) is 0 Å². The maximum Gasteiger partial charge on any atom is 0.152 e. The fourth-order valence-electron chi connectivity index (χ4n) is 3.75. The van der Waals surface area contributed by atoms with Gasteiger partial charge < -0.3 is 0 Å². The molecule has 0 fully saturated rings. The zero-order chi connectivity index (χ0) is 20.1. The van der Waals surface area contributed by atoms with Crippen molar-refractivity contribution in [1.29, 1.82) is 0 Å². The fraction of sp³-hybridized carbons (Fsp3) is 0.0769. The summed E-state index contributed by atoms with van der Waals surface area (Å²) in [5.41, 5.74) is 3.59. The van der Waals surface area contributed by atoms with E-state index in [4.69, 9.17) is 5.10 Å². The van der Waals surface area contributed by atoms with E-state index in [2.05, 4.69) is 72.8 Å². The van der Waals surface area contributed by atoms with Crippen molar-refractivity contribution < 1.29 is 4.79 Å². The number of nitrogens with zero attached hydrogens (tertiary/aromatic N) is 2. The van der Waals surface area contributed by atoms with Crippen LogP contribution in [0, 0.1) is 0 Å². The molecular formula is C26H22N2O. The summed E-state index contributed by atoms with van der Waals surface area (Å²) < 4.78 is 1.99. The summed E-state index contributed by atoms with van der Waals surface area (Å²) in [6, 6.07) is 31.2. The standard InChI is InChI=1S/C26H22N2O/c1-21(29)17-18-22-19-27-28(20-22)26(23-11-5-2-6-12-23,24-13-7-3-8-14-24)25-15-9-4-10-16-25/h2-20H,1H3/b18-17-. The number of aromatic nitrogens is 2. The van der Waals surface area contributed by atoms with Gasteiger partial charge in [-0.15, -0.1) is 0 Å². The van der Waals surface area contributed by atoms with Crippen molar-refractivity contribution in [1.82, 2.24) is 9.78 Å². The predicted octanol–water partition coefficient (Wildman–Crippen LogP) is 5.33. The first-order chi connectivity index (χ1) is 14.2. The number of hydrogen-bond acceptors (Lipinski definition) is 2. The van der Waals surface area contributed by atoms with Gasteiger partial charge in [0.1, 0.15) is 5.54 Å². The van der Waals surface area contributed by atoms with E-state index in [0.29, 0.717) is 0 Å². The highest BCUT2D eigenvalue weighted by Crippen LogP contribution is 2.40. The molecule has 3 nitrogen and oxygen atoms in total. The van der Waals surface area contributed by atoms with Crippen LogP contribution in [-0.2, 0) is 10.3 Å². The lowest BCUT2D eigenvalue weighted by atomic mass is 9.77. The van der Waals surface area contributed by atoms with Gasteiger partial charge in [-0.25, -0.2) is 0 Å². The van der Waals surface area contributed by atoms with Gasteiger partial charge in [-0.2, -0.15) is 5.10 Å². The van der Waals surface area contributed by atoms with Gasteiger partial charge >= 0.3 is 0 Å². The summed E-state index contributed by atoms with van der Waals surface area (Å²) in [7, 11) is 0. The van der Waals surface area contributed by atoms with Crippen LogP contribution in [0.5, 0.6) is 0 Å². The molecule has 0 aliphatic rings. The van der Waals surface area contributed by atoms with E-state index in [1.807, 2.05) is 29.1 Å². The maximum atomic E-state index is 11.4. The molecule has 1 heterocycles. The number of carbonyl (C=O) groups excluding carboxylic acids is 1. The highest BCUT2D eigenvalue weighted by molar-refractivity contribution is 5.91. The van der Waals surface area contributed by atoms with Crippen LogP contribution in [0.3, 0.4) is 0 Å². The molecule has 0 saturated carbocycles. The summed E-state index contributed by atoms with van der Waals surface area (Å²) in [5.74, 6) is 0.0122. The molecule has 0 radical (unpaired) electrons. The summed E-state index contributed by atoms with van der Waals surface area (Å²) in [6.07, 6.45) is 7.16. The van der Waals surface area contributed by atoms with Crippen molar-refractivity contribution >= 4 is 11.9 Å². The maximum absolute atomic E-state index is 11.4. The third-order valence-electron chi connectivity index (χ3n) is 5.03. The van der Waals surface area contributed by atoms with Gasteiger partial charge in [0.25, 0.3) is 0 Å². The molecule has 29 heavy (non-hydrogen) atoms. The molecule has 142 valence electrons. The minimum atomic E-state index is -0.633. The van der Waals surface area contributed by atoms with Crippen molar-refractivity contribution in [2.45, 2.75) is 12.5 Å². The van der Waals surface area contributed by atoms with Crippen LogP contribution in [-0.4, -0.2) is 15.6 Å². The lowest BCUT2D eigenvalue weighted by Gasteiger charge is -2.36. The Morgan fingerprint density at radius 3 is 1.66 bits per heavy atom. The van der Waals surface area contributed by atoms with Crippen LogP contribution in [0.2, 0.25) is 0 Å². The van der Waals surface area contributed by atoms with Gasteiger partial charge in [-0.05, 0) is 35.8 Å². The highest BCUT2D eigenvalue weighted by atomic mass is 16.1. The normalized spacial score (nSPS) is 11.6. The topological polar surface area (TPSA) is 34.9 Å². The number of benzene rings is 3. The highest BCUT2D eigenvalue weighted by Gasteiger charge is 2.39. The van der Waals surface area contributed by atoms with E-state index in [1.54, 1.807) is 25.3 Å². The molecule has 0 spiro atoms. The first-order valence-electron chi connectivity index (χ1n) is 9.61. The van der Waals surface area contributed by atoms with Gasteiger partial charge in [-0.1, -0.05) is 91.0 Å². The number of allylic oxidation sites excluding steroid dienone is 1. The lowest BCUT2D eigenvalue weighted by molar-refractivity contribution is -0.112. The predicted molar refractivity (Wildman–Crippen MR) is 117 cm³/mol. The lowest BCUT2D eigenvalue weighted by Crippen LogP contribution is -2.38. The van der Waals surface area contributed by atoms with Crippen LogP contribution in [0.1, 0.15) is 29.2 Å². The van der Waals surface area contributed by atoms with Crippen molar-refractivity contribution in [2.24, 2.45) is 0 Å². The summed E-state index contributed by atoms with van der Waals surface area (Å²) >= 11 is 0. The van der Waals surface area contributed by atoms with Crippen LogP contribution >= 0.6 is 0 Å². The van der Waals surface area contributed by atoms with E-state index < -0.39 is 5.54 Å². The zero-order valence-corrected chi connectivity index (χ0v) is 16.3. The zero-order valence-electron chi connectivity index (χ0n) is 16.3. The van der Waals surface area contributed by atoms with Gasteiger partial charge in [0.05, 0.1) is 6.20 Å². The monoisotopic (exact) mass is 378 g/mol. The Morgan fingerprint density at radius 2 is 1.24 bits per heavy atom. The van der Waals surface area contributed by atoms with Crippen LogP contribution in [0.25, 0.3) is 6.08 Å². The Balaban J connectivity index is 2.02. The quantitative estimate of drug-likeness (QED) is 0.336. The van der Waals surface area contributed by atoms with Crippen molar-refractivity contribution in [2.75, 3.05) is 0 Å². The second-order valence-corrected chi connectivity index (χ2v) is 6.97. The first kappa shape index (κ1) is 18.6. The second kappa shape index (κ2) is 8.11. The number of ketones is 1. The molecule has 0 amide bonds. The summed E-state index contributed by atoms with van der Waals surface area (Å²) in [6.45, 7) is 1.54. The van der Waals surface area contributed by atoms with Gasteiger partial charge in [0.2, 0.25) is 0 Å². The first-order valence-corrected chi connectivity index (χ1v) is 9.61. The molecule has 4 rings (SSSR count). The minimum absolute atomic E-state index is 0.0122. The molecule has 0 aliphatic heterocycles. The molecule has 4 aromatic rings. The molecule has 0 bridgehead atoms. The van der Waals surface area contributed by atoms with Crippen molar-refractivity contribution in [3.05, 3.63) is 132 Å². The summed E-state index contributed by atoms with van der Waals surface area (Å²) in [5, 5.41) is 4.75. The molecule has 0 atom stereocenters. The van der Waals surface area contributed by atoms with Crippen LogP contribution < -0.4 is 0 Å². The van der Waals surface area contributed by atoms with E-state index in [1.165, 1.54) is 0 Å². The molecule has 0 saturated heterocycles. The molecule has 3 aromatic carbocycles. The SMILES string of the molecule is CC(=O)/C=C\c1cnn(C(c2ccccc2)(c2ccccc2)c2ccccc2)c1. The van der Waals surface area contributed by atoms with E-state index in [-0.39, 0.29) is 5.78 Å². The van der Waals surface area contributed by atoms with E-state index in [9.17, 15) is 4.79 Å². The van der Waals surface area contributed by atoms with Gasteiger partial charge in [0, 0.05) is 11.8 Å². The molecule has 0 N–H and O–H groups in total. The summed E-state index contributed by atoms with van der Waals surface area (Å²) in [4.78, 5) is 11.4.